The minimum atomic E-state index is -3.16. The van der Waals surface area contributed by atoms with Gasteiger partial charge in [-0.15, -0.1) is 24.0 Å². The molecule has 0 bridgehead atoms. The highest BCUT2D eigenvalue weighted by Crippen LogP contribution is 2.27. The van der Waals surface area contributed by atoms with E-state index in [-0.39, 0.29) is 35.5 Å². The van der Waals surface area contributed by atoms with Crippen LogP contribution in [-0.2, 0) is 22.0 Å². The Balaban J connectivity index is 0.00000243. The van der Waals surface area contributed by atoms with Crippen LogP contribution in [0.5, 0.6) is 0 Å². The quantitative estimate of drug-likeness (QED) is 0.402. The van der Waals surface area contributed by atoms with Crippen LogP contribution in [0, 0.1) is 0 Å². The lowest BCUT2D eigenvalue weighted by Gasteiger charge is -2.22. The first-order chi connectivity index (χ1) is 12.1. The average Bonchev–Trinajstić information content (AvgIpc) is 3.03. The van der Waals surface area contributed by atoms with Crippen molar-refractivity contribution in [1.29, 1.82) is 0 Å². The average molecular weight is 485 g/mol. The summed E-state index contributed by atoms with van der Waals surface area (Å²) < 4.78 is 24.6. The molecule has 0 radical (unpaired) electrons. The highest BCUT2D eigenvalue weighted by Gasteiger charge is 2.22. The number of halogens is 1. The number of guanidine groups is 1. The zero-order chi connectivity index (χ0) is 17.7. The maximum Gasteiger partial charge on any atom is 0.198 e. The van der Waals surface area contributed by atoms with Crippen molar-refractivity contribution in [1.82, 2.24) is 5.32 Å². The van der Waals surface area contributed by atoms with Gasteiger partial charge in [0.1, 0.15) is 0 Å². The fraction of sp³-hybridized carbons (Fsp3) is 0.316. The van der Waals surface area contributed by atoms with Crippen LogP contribution in [0.1, 0.15) is 11.1 Å². The van der Waals surface area contributed by atoms with Crippen molar-refractivity contribution < 1.29 is 8.42 Å². The summed E-state index contributed by atoms with van der Waals surface area (Å²) in [6, 6.07) is 17.5. The van der Waals surface area contributed by atoms with Crippen molar-refractivity contribution in [2.24, 2.45) is 4.99 Å². The number of fused-ring (bicyclic) bond motifs is 1. The van der Waals surface area contributed by atoms with Crippen molar-refractivity contribution >= 4 is 45.5 Å². The van der Waals surface area contributed by atoms with E-state index in [9.17, 15) is 8.42 Å². The van der Waals surface area contributed by atoms with Crippen molar-refractivity contribution in [3.63, 3.8) is 0 Å². The third kappa shape index (κ3) is 5.20. The Hall–Kier alpha value is -1.61. The minimum Gasteiger partial charge on any atom is -0.355 e. The van der Waals surface area contributed by atoms with E-state index in [1.807, 2.05) is 42.5 Å². The monoisotopic (exact) mass is 485 g/mol. The molecule has 0 atom stereocenters. The maximum absolute atomic E-state index is 12.3. The third-order valence-electron chi connectivity index (χ3n) is 4.28. The number of hydrogen-bond acceptors (Lipinski definition) is 3. The topological polar surface area (TPSA) is 61.8 Å². The summed E-state index contributed by atoms with van der Waals surface area (Å²) >= 11 is 0. The van der Waals surface area contributed by atoms with Crippen molar-refractivity contribution in [3.8, 4) is 0 Å². The molecule has 1 heterocycles. The first-order valence-electron chi connectivity index (χ1n) is 8.39. The molecular formula is C19H24IN3O2S. The lowest BCUT2D eigenvalue weighted by molar-refractivity contribution is 0.594. The molecule has 26 heavy (non-hydrogen) atoms. The zero-order valence-electron chi connectivity index (χ0n) is 14.8. The number of hydrogen-bond donors (Lipinski definition) is 1. The van der Waals surface area contributed by atoms with Gasteiger partial charge in [0.15, 0.2) is 15.8 Å². The summed E-state index contributed by atoms with van der Waals surface area (Å²) in [4.78, 5) is 6.42. The van der Waals surface area contributed by atoms with Gasteiger partial charge in [-0.05, 0) is 23.6 Å². The van der Waals surface area contributed by atoms with Crippen molar-refractivity contribution in [3.05, 3.63) is 65.7 Å². The van der Waals surface area contributed by atoms with E-state index in [0.29, 0.717) is 6.54 Å². The van der Waals surface area contributed by atoms with E-state index in [2.05, 4.69) is 27.3 Å². The lowest BCUT2D eigenvalue weighted by atomic mass is 10.2. The van der Waals surface area contributed by atoms with Gasteiger partial charge in [-0.3, -0.25) is 4.99 Å². The number of aliphatic imine (C=N–C) groups is 1. The minimum absolute atomic E-state index is 0. The lowest BCUT2D eigenvalue weighted by Crippen LogP contribution is -2.42. The van der Waals surface area contributed by atoms with Gasteiger partial charge in [-0.25, -0.2) is 8.42 Å². The van der Waals surface area contributed by atoms with Gasteiger partial charge in [0.05, 0.1) is 11.5 Å². The van der Waals surface area contributed by atoms with Crippen LogP contribution in [0.15, 0.2) is 59.6 Å². The van der Waals surface area contributed by atoms with E-state index in [0.717, 1.165) is 30.2 Å². The van der Waals surface area contributed by atoms with E-state index in [1.165, 1.54) is 5.56 Å². The van der Waals surface area contributed by atoms with Gasteiger partial charge >= 0.3 is 0 Å². The van der Waals surface area contributed by atoms with Gasteiger partial charge in [-0.1, -0.05) is 48.5 Å². The highest BCUT2D eigenvalue weighted by atomic mass is 127. The van der Waals surface area contributed by atoms with Gasteiger partial charge in [0, 0.05) is 25.8 Å². The Labute approximate surface area is 172 Å². The van der Waals surface area contributed by atoms with E-state index in [4.69, 9.17) is 0 Å². The summed E-state index contributed by atoms with van der Waals surface area (Å²) in [5.41, 5.74) is 3.25. The molecule has 3 rings (SSSR count). The van der Waals surface area contributed by atoms with Crippen LogP contribution in [0.25, 0.3) is 0 Å². The second kappa shape index (κ2) is 9.36. The summed E-state index contributed by atoms with van der Waals surface area (Å²) in [7, 11) is -1.43. The molecule has 2 aromatic carbocycles. The molecule has 140 valence electrons. The van der Waals surface area contributed by atoms with Gasteiger partial charge in [0.2, 0.25) is 0 Å². The molecule has 0 amide bonds. The van der Waals surface area contributed by atoms with Gasteiger partial charge in [-0.2, -0.15) is 0 Å². The molecule has 0 saturated carbocycles. The Morgan fingerprint density at radius 3 is 2.54 bits per heavy atom. The molecule has 0 unspecified atom stereocenters. The number of nitrogens with zero attached hydrogens (tertiary/aromatic N) is 2. The van der Waals surface area contributed by atoms with Gasteiger partial charge < -0.3 is 10.2 Å². The summed E-state index contributed by atoms with van der Waals surface area (Å²) in [6.07, 6.45) is 0.975. The van der Waals surface area contributed by atoms with Crippen LogP contribution in [0.3, 0.4) is 0 Å². The first kappa shape index (κ1) is 20.7. The summed E-state index contributed by atoms with van der Waals surface area (Å²) in [5.74, 6) is 0.872. The molecule has 5 nitrogen and oxygen atoms in total. The maximum atomic E-state index is 12.3. The number of nitrogens with one attached hydrogen (secondary N) is 1. The number of benzene rings is 2. The molecule has 0 aliphatic carbocycles. The van der Waals surface area contributed by atoms with E-state index >= 15 is 0 Å². The third-order valence-corrected chi connectivity index (χ3v) is 5.88. The fourth-order valence-corrected chi connectivity index (χ4v) is 4.33. The second-order valence-corrected chi connectivity index (χ2v) is 8.27. The molecule has 0 spiro atoms. The van der Waals surface area contributed by atoms with Crippen LogP contribution in [0.4, 0.5) is 5.69 Å². The van der Waals surface area contributed by atoms with E-state index < -0.39 is 9.84 Å². The molecule has 1 aliphatic rings. The number of rotatable bonds is 5. The van der Waals surface area contributed by atoms with Crippen LogP contribution >= 0.6 is 24.0 Å². The largest absolute Gasteiger partial charge is 0.355 e. The predicted molar refractivity (Wildman–Crippen MR) is 118 cm³/mol. The molecule has 7 heteroatoms. The van der Waals surface area contributed by atoms with E-state index in [1.54, 1.807) is 7.05 Å². The number of sulfone groups is 1. The van der Waals surface area contributed by atoms with Crippen molar-refractivity contribution in [2.75, 3.05) is 30.8 Å². The van der Waals surface area contributed by atoms with Crippen LogP contribution in [0.2, 0.25) is 0 Å². The van der Waals surface area contributed by atoms with Crippen molar-refractivity contribution in [2.45, 2.75) is 12.2 Å². The molecule has 1 N–H and O–H groups in total. The number of anilines is 1. The van der Waals surface area contributed by atoms with Gasteiger partial charge in [0.25, 0.3) is 0 Å². The SMILES string of the molecule is CN=C(NCCS(=O)(=O)Cc1ccccc1)N1CCc2ccccc21.I. The first-order valence-corrected chi connectivity index (χ1v) is 10.2. The fourth-order valence-electron chi connectivity index (χ4n) is 3.07. The molecule has 0 fully saturated rings. The Morgan fingerprint density at radius 1 is 1.12 bits per heavy atom. The zero-order valence-corrected chi connectivity index (χ0v) is 17.9. The molecular weight excluding hydrogens is 461 g/mol. The summed E-state index contributed by atoms with van der Waals surface area (Å²) in [6.45, 7) is 1.20. The Morgan fingerprint density at radius 2 is 1.81 bits per heavy atom. The Bertz CT molecular complexity index is 854. The highest BCUT2D eigenvalue weighted by molar-refractivity contribution is 14.0. The summed E-state index contributed by atoms with van der Waals surface area (Å²) in [5, 5.41) is 3.19. The second-order valence-electron chi connectivity index (χ2n) is 6.08. The smallest absolute Gasteiger partial charge is 0.198 e. The normalized spacial score (nSPS) is 13.9. The standard InChI is InChI=1S/C19H23N3O2S.HI/c1-20-19(22-13-11-17-9-5-6-10-18(17)22)21-12-14-25(23,24)15-16-7-3-2-4-8-16;/h2-10H,11-15H2,1H3,(H,20,21);1H. The molecule has 2 aromatic rings. The molecule has 0 aromatic heterocycles. The number of para-hydroxylation sites is 1. The Kier molecular flexibility index (Phi) is 7.45. The molecule has 1 aliphatic heterocycles. The molecule has 0 saturated heterocycles. The van der Waals surface area contributed by atoms with Crippen LogP contribution in [-0.4, -0.2) is 40.3 Å². The predicted octanol–water partition coefficient (Wildman–Crippen LogP) is 2.86. The van der Waals surface area contributed by atoms with Crippen LogP contribution < -0.4 is 10.2 Å².